The summed E-state index contributed by atoms with van der Waals surface area (Å²) in [6.07, 6.45) is 9.85. The SMILES string of the molecule is C[C@H]1CCCCN1C(=O)NC1CCCCC1. The van der Waals surface area contributed by atoms with Gasteiger partial charge in [0.1, 0.15) is 0 Å². The molecule has 1 aliphatic carbocycles. The van der Waals surface area contributed by atoms with E-state index < -0.39 is 0 Å². The maximum absolute atomic E-state index is 12.1. The molecule has 2 amide bonds. The average Bonchev–Trinajstić information content (AvgIpc) is 2.31. The molecule has 1 aliphatic heterocycles. The minimum Gasteiger partial charge on any atom is -0.335 e. The molecule has 0 radical (unpaired) electrons. The van der Waals surface area contributed by atoms with Gasteiger partial charge in [0, 0.05) is 18.6 Å². The van der Waals surface area contributed by atoms with Crippen molar-refractivity contribution in [1.29, 1.82) is 0 Å². The molecule has 16 heavy (non-hydrogen) atoms. The van der Waals surface area contributed by atoms with Gasteiger partial charge in [0.05, 0.1) is 0 Å². The predicted octanol–water partition coefficient (Wildman–Crippen LogP) is 2.90. The highest BCUT2D eigenvalue weighted by atomic mass is 16.2. The molecule has 0 aromatic carbocycles. The average molecular weight is 224 g/mol. The summed E-state index contributed by atoms with van der Waals surface area (Å²) < 4.78 is 0. The van der Waals surface area contributed by atoms with Crippen molar-refractivity contribution in [2.24, 2.45) is 0 Å². The zero-order chi connectivity index (χ0) is 11.4. The molecule has 1 saturated carbocycles. The van der Waals surface area contributed by atoms with E-state index >= 15 is 0 Å². The summed E-state index contributed by atoms with van der Waals surface area (Å²) in [5.74, 6) is 0. The topological polar surface area (TPSA) is 32.3 Å². The number of carbonyl (C=O) groups is 1. The second-order valence-electron chi connectivity index (χ2n) is 5.32. The zero-order valence-electron chi connectivity index (χ0n) is 10.4. The van der Waals surface area contributed by atoms with E-state index in [9.17, 15) is 4.79 Å². The predicted molar refractivity (Wildman–Crippen MR) is 65.4 cm³/mol. The van der Waals surface area contributed by atoms with E-state index in [1.165, 1.54) is 44.9 Å². The number of urea groups is 1. The first-order valence-corrected chi connectivity index (χ1v) is 6.84. The lowest BCUT2D eigenvalue weighted by molar-refractivity contribution is 0.152. The molecule has 1 atom stereocenters. The van der Waals surface area contributed by atoms with Crippen molar-refractivity contribution in [1.82, 2.24) is 10.2 Å². The number of nitrogens with zero attached hydrogens (tertiary/aromatic N) is 1. The van der Waals surface area contributed by atoms with Crippen LogP contribution in [0.2, 0.25) is 0 Å². The highest BCUT2D eigenvalue weighted by Gasteiger charge is 2.25. The minimum absolute atomic E-state index is 0.180. The summed E-state index contributed by atoms with van der Waals surface area (Å²) in [6, 6.07) is 1.05. The van der Waals surface area contributed by atoms with Crippen molar-refractivity contribution in [3.63, 3.8) is 0 Å². The van der Waals surface area contributed by atoms with E-state index in [0.717, 1.165) is 13.0 Å². The number of piperidine rings is 1. The summed E-state index contributed by atoms with van der Waals surface area (Å²) in [5.41, 5.74) is 0. The van der Waals surface area contributed by atoms with Crippen molar-refractivity contribution in [2.45, 2.75) is 70.4 Å². The molecule has 0 unspecified atom stereocenters. The summed E-state index contributed by atoms with van der Waals surface area (Å²) in [6.45, 7) is 3.11. The van der Waals surface area contributed by atoms with Crippen LogP contribution in [0.1, 0.15) is 58.3 Å². The molecular formula is C13H24N2O. The van der Waals surface area contributed by atoms with Crippen molar-refractivity contribution >= 4 is 6.03 Å². The second kappa shape index (κ2) is 5.55. The molecule has 3 heteroatoms. The van der Waals surface area contributed by atoms with Crippen LogP contribution in [-0.2, 0) is 0 Å². The molecule has 92 valence electrons. The lowest BCUT2D eigenvalue weighted by Crippen LogP contribution is -2.50. The van der Waals surface area contributed by atoms with Gasteiger partial charge in [0.15, 0.2) is 0 Å². The fraction of sp³-hybridized carbons (Fsp3) is 0.923. The number of rotatable bonds is 1. The van der Waals surface area contributed by atoms with E-state index in [1.54, 1.807) is 0 Å². The lowest BCUT2D eigenvalue weighted by Gasteiger charge is -2.35. The number of hydrogen-bond acceptors (Lipinski definition) is 1. The molecule has 1 heterocycles. The lowest BCUT2D eigenvalue weighted by atomic mass is 9.95. The Labute approximate surface area is 98.6 Å². The van der Waals surface area contributed by atoms with Crippen LogP contribution in [-0.4, -0.2) is 29.6 Å². The van der Waals surface area contributed by atoms with E-state index in [2.05, 4.69) is 12.2 Å². The molecule has 1 N–H and O–H groups in total. The number of nitrogens with one attached hydrogen (secondary N) is 1. The normalized spacial score (nSPS) is 27.8. The summed E-state index contributed by atoms with van der Waals surface area (Å²) >= 11 is 0. The molecule has 2 aliphatic rings. The zero-order valence-corrected chi connectivity index (χ0v) is 10.4. The van der Waals surface area contributed by atoms with Crippen LogP contribution in [0.5, 0.6) is 0 Å². The molecule has 2 fully saturated rings. The summed E-state index contributed by atoms with van der Waals surface area (Å²) in [7, 11) is 0. The third kappa shape index (κ3) is 2.89. The number of likely N-dealkylation sites (tertiary alicyclic amines) is 1. The Hall–Kier alpha value is -0.730. The Morgan fingerprint density at radius 1 is 1.06 bits per heavy atom. The number of carbonyl (C=O) groups excluding carboxylic acids is 1. The third-order valence-electron chi connectivity index (χ3n) is 4.00. The van der Waals surface area contributed by atoms with Gasteiger partial charge in [-0.2, -0.15) is 0 Å². The second-order valence-corrected chi connectivity index (χ2v) is 5.32. The smallest absolute Gasteiger partial charge is 0.317 e. The first-order valence-electron chi connectivity index (χ1n) is 6.84. The number of hydrogen-bond donors (Lipinski definition) is 1. The van der Waals surface area contributed by atoms with E-state index in [1.807, 2.05) is 4.90 Å². The first-order chi connectivity index (χ1) is 7.77. The Morgan fingerprint density at radius 3 is 2.44 bits per heavy atom. The maximum Gasteiger partial charge on any atom is 0.317 e. The number of amides is 2. The molecular weight excluding hydrogens is 200 g/mol. The van der Waals surface area contributed by atoms with Gasteiger partial charge in [-0.05, 0) is 39.0 Å². The molecule has 0 bridgehead atoms. The summed E-state index contributed by atoms with van der Waals surface area (Å²) in [4.78, 5) is 14.1. The Kier molecular flexibility index (Phi) is 4.08. The van der Waals surface area contributed by atoms with E-state index in [0.29, 0.717) is 12.1 Å². The van der Waals surface area contributed by atoms with Gasteiger partial charge in [-0.15, -0.1) is 0 Å². The van der Waals surface area contributed by atoms with Crippen LogP contribution >= 0.6 is 0 Å². The quantitative estimate of drug-likeness (QED) is 0.729. The molecule has 0 aromatic rings. The molecule has 2 rings (SSSR count). The van der Waals surface area contributed by atoms with E-state index in [-0.39, 0.29) is 6.03 Å². The van der Waals surface area contributed by atoms with Crippen LogP contribution in [0.15, 0.2) is 0 Å². The van der Waals surface area contributed by atoms with Gasteiger partial charge in [0.25, 0.3) is 0 Å². The van der Waals surface area contributed by atoms with Crippen LogP contribution in [0.3, 0.4) is 0 Å². The van der Waals surface area contributed by atoms with Crippen molar-refractivity contribution < 1.29 is 4.79 Å². The third-order valence-corrected chi connectivity index (χ3v) is 4.00. The highest BCUT2D eigenvalue weighted by Crippen LogP contribution is 2.20. The van der Waals surface area contributed by atoms with Crippen LogP contribution in [0, 0.1) is 0 Å². The van der Waals surface area contributed by atoms with Gasteiger partial charge in [0.2, 0.25) is 0 Å². The molecule has 1 saturated heterocycles. The first kappa shape index (κ1) is 11.7. The Bertz CT molecular complexity index is 236. The largest absolute Gasteiger partial charge is 0.335 e. The van der Waals surface area contributed by atoms with Crippen LogP contribution in [0.4, 0.5) is 4.79 Å². The standard InChI is InChI=1S/C13H24N2O/c1-11-7-5-6-10-15(11)13(16)14-12-8-3-2-4-9-12/h11-12H,2-10H2,1H3,(H,14,16)/t11-/m0/s1. The molecule has 0 spiro atoms. The van der Waals surface area contributed by atoms with Crippen LogP contribution < -0.4 is 5.32 Å². The van der Waals surface area contributed by atoms with Gasteiger partial charge in [-0.3, -0.25) is 0 Å². The van der Waals surface area contributed by atoms with Gasteiger partial charge in [-0.1, -0.05) is 19.3 Å². The Balaban J connectivity index is 1.81. The fourth-order valence-electron chi connectivity index (χ4n) is 2.90. The van der Waals surface area contributed by atoms with Gasteiger partial charge >= 0.3 is 6.03 Å². The van der Waals surface area contributed by atoms with Crippen molar-refractivity contribution in [3.8, 4) is 0 Å². The summed E-state index contributed by atoms with van der Waals surface area (Å²) in [5, 5.41) is 3.21. The van der Waals surface area contributed by atoms with Crippen molar-refractivity contribution in [3.05, 3.63) is 0 Å². The van der Waals surface area contributed by atoms with Gasteiger partial charge < -0.3 is 10.2 Å². The van der Waals surface area contributed by atoms with Gasteiger partial charge in [-0.25, -0.2) is 4.79 Å². The van der Waals surface area contributed by atoms with E-state index in [4.69, 9.17) is 0 Å². The minimum atomic E-state index is 0.180. The maximum atomic E-state index is 12.1. The Morgan fingerprint density at radius 2 is 1.75 bits per heavy atom. The molecule has 0 aromatic heterocycles. The highest BCUT2D eigenvalue weighted by molar-refractivity contribution is 5.75. The van der Waals surface area contributed by atoms with Crippen molar-refractivity contribution in [2.75, 3.05) is 6.54 Å². The van der Waals surface area contributed by atoms with Crippen LogP contribution in [0.25, 0.3) is 0 Å². The monoisotopic (exact) mass is 224 g/mol. The molecule has 3 nitrogen and oxygen atoms in total. The fourth-order valence-corrected chi connectivity index (χ4v) is 2.90.